The van der Waals surface area contributed by atoms with Gasteiger partial charge in [0.15, 0.2) is 5.13 Å². The Labute approximate surface area is 367 Å². The fraction of sp³-hybridized carbons (Fsp3) is 0.564. The molecule has 4 amide bonds. The molecule has 0 saturated heterocycles. The summed E-state index contributed by atoms with van der Waals surface area (Å²) in [5, 5.41) is 36.0. The molecular weight excluding hydrogens is 854 g/mol. The van der Waals surface area contributed by atoms with Crippen LogP contribution < -0.4 is 37.5 Å². The normalized spacial score (nSPS) is 12.1. The van der Waals surface area contributed by atoms with Crippen LogP contribution in [-0.2, 0) is 47.7 Å². The third-order valence-electron chi connectivity index (χ3n) is 8.34. The lowest BCUT2D eigenvalue weighted by molar-refractivity contribution is -0.191. The highest BCUT2D eigenvalue weighted by Crippen LogP contribution is 2.27. The van der Waals surface area contributed by atoms with Gasteiger partial charge in [0.2, 0.25) is 11.8 Å². The molecule has 0 spiro atoms. The summed E-state index contributed by atoms with van der Waals surface area (Å²) in [7, 11) is 0. The minimum Gasteiger partial charge on any atom is -0.481 e. The molecule has 0 radical (unpaired) electrons. The number of nitrogens with zero attached hydrogens (tertiary/aromatic N) is 2. The predicted octanol–water partition coefficient (Wildman–Crippen LogP) is 1.85. The maximum absolute atomic E-state index is 12.5. The summed E-state index contributed by atoms with van der Waals surface area (Å²) in [6, 6.07) is 5.50. The summed E-state index contributed by atoms with van der Waals surface area (Å²) in [4.78, 5) is 79.3. The molecule has 350 valence electrons. The number of thiazole rings is 1. The second-order valence-corrected chi connectivity index (χ2v) is 14.2. The molecule has 1 aliphatic rings. The van der Waals surface area contributed by atoms with Gasteiger partial charge >= 0.3 is 24.1 Å². The van der Waals surface area contributed by atoms with Gasteiger partial charge in [0.25, 0.3) is 0 Å². The van der Waals surface area contributed by atoms with Crippen LogP contribution >= 0.6 is 11.3 Å². The molecule has 1 aromatic heterocycles. The summed E-state index contributed by atoms with van der Waals surface area (Å²) < 4.78 is 34.2. The van der Waals surface area contributed by atoms with Crippen LogP contribution in [0.2, 0.25) is 0 Å². The number of hydrogen-bond donors (Lipinski definition) is 9. The second-order valence-electron chi connectivity index (χ2n) is 13.3. The first-order valence-electron chi connectivity index (χ1n) is 20.2. The van der Waals surface area contributed by atoms with Gasteiger partial charge in [-0.25, -0.2) is 14.6 Å². The molecule has 1 atom stereocenters. The summed E-state index contributed by atoms with van der Waals surface area (Å²) >= 11 is 1.46. The Bertz CT molecular complexity index is 1730. The van der Waals surface area contributed by atoms with E-state index in [2.05, 4.69) is 42.5 Å². The molecule has 24 heteroatoms. The van der Waals surface area contributed by atoms with Crippen molar-refractivity contribution >= 4 is 58.1 Å². The molecule has 0 fully saturated rings. The molecule has 63 heavy (non-hydrogen) atoms. The highest BCUT2D eigenvalue weighted by atomic mass is 32.1. The monoisotopic (exact) mass is 911 g/mol. The Morgan fingerprint density at radius 1 is 0.841 bits per heavy atom. The number of hydrazine groups is 2. The summed E-state index contributed by atoms with van der Waals surface area (Å²) in [5.41, 5.74) is 8.83. The molecule has 2 aromatic rings. The maximum Gasteiger partial charge on any atom is 0.373 e. The van der Waals surface area contributed by atoms with Crippen LogP contribution in [0.4, 0.5) is 20.0 Å². The minimum absolute atomic E-state index is 0.117. The molecule has 3 rings (SSSR count). The van der Waals surface area contributed by atoms with Crippen LogP contribution in [0.5, 0.6) is 0 Å². The molecule has 1 aromatic carbocycles. The van der Waals surface area contributed by atoms with E-state index < -0.39 is 24.0 Å². The molecule has 0 aliphatic carbocycles. The van der Waals surface area contributed by atoms with Gasteiger partial charge in [0.1, 0.15) is 12.6 Å². The lowest BCUT2D eigenvalue weighted by Crippen LogP contribution is -2.46. The smallest absolute Gasteiger partial charge is 0.373 e. The zero-order chi connectivity index (χ0) is 45.9. The number of hydrogen-bond acceptors (Lipinski definition) is 17. The molecule has 0 unspecified atom stereocenters. The number of urea groups is 1. The Kier molecular flexibility index (Phi) is 28.7. The number of nitrogens with one attached hydrogen (secondary N) is 7. The molecular formula is C39H58FN9O13S. The van der Waals surface area contributed by atoms with Gasteiger partial charge in [-0.3, -0.25) is 23.8 Å². The van der Waals surface area contributed by atoms with Crippen LogP contribution in [-0.4, -0.2) is 148 Å². The highest BCUT2D eigenvalue weighted by Gasteiger charge is 2.20. The number of carbonyl (C=O) groups is 5. The average molecular weight is 912 g/mol. The van der Waals surface area contributed by atoms with Crippen LogP contribution in [0.15, 0.2) is 41.5 Å². The SMILES string of the molecule is O=C(O)CC[C@H](NC(=O)NCCCCCNc1nc(-c2cccc(NC(=O)CCOCCOCCOCCOCCNC(=O)CN3C=C(CCCF)NN3)c2)cs1)C(=O)O.O=C=O. The number of alkyl halides is 1. The van der Waals surface area contributed by atoms with Crippen molar-refractivity contribution in [2.75, 3.05) is 96.3 Å². The second kappa shape index (κ2) is 33.8. The average Bonchev–Trinajstić information content (AvgIpc) is 3.92. The van der Waals surface area contributed by atoms with Crippen molar-refractivity contribution in [2.24, 2.45) is 0 Å². The fourth-order valence-electron chi connectivity index (χ4n) is 5.29. The molecule has 2 heterocycles. The van der Waals surface area contributed by atoms with E-state index in [0.29, 0.717) is 90.8 Å². The highest BCUT2D eigenvalue weighted by molar-refractivity contribution is 7.14. The van der Waals surface area contributed by atoms with Crippen LogP contribution in [0.25, 0.3) is 11.3 Å². The number of aromatic nitrogens is 1. The summed E-state index contributed by atoms with van der Waals surface area (Å²) in [5.74, 6) is -2.78. The number of carboxylic acids is 2. The third kappa shape index (κ3) is 26.4. The van der Waals surface area contributed by atoms with Crippen molar-refractivity contribution in [3.63, 3.8) is 0 Å². The number of amides is 4. The van der Waals surface area contributed by atoms with E-state index in [0.717, 1.165) is 34.9 Å². The van der Waals surface area contributed by atoms with Gasteiger partial charge in [-0.05, 0) is 50.7 Å². The number of aliphatic carboxylic acids is 2. The minimum atomic E-state index is -1.29. The van der Waals surface area contributed by atoms with Crippen molar-refractivity contribution in [3.05, 3.63) is 41.5 Å². The van der Waals surface area contributed by atoms with Crippen molar-refractivity contribution in [1.29, 1.82) is 0 Å². The van der Waals surface area contributed by atoms with E-state index in [1.165, 1.54) is 11.3 Å². The standard InChI is InChI=1S/C38H58FN9O11S.CO2/c39-12-5-8-30-25-48(47-46-30)26-34(50)40-15-17-57-19-21-59-23-22-58-20-18-56-16-11-33(49)43-29-7-4-6-28(24-29)32-27-60-38(45-32)42-14-3-1-2-13-41-37(55)44-31(36(53)54)9-10-35(51)52;2-1-3/h4,6-7,24-25,27,31,46-47H,1-3,5,8-23,26H2,(H,40,50)(H,42,45)(H,43,49)(H,51,52)(H,53,54)(H2,41,44,55);/t31-;/m0./s1. The zero-order valence-corrected chi connectivity index (χ0v) is 35.8. The first-order chi connectivity index (χ1) is 30.5. The van der Waals surface area contributed by atoms with E-state index in [-0.39, 0.29) is 57.1 Å². The quantitative estimate of drug-likeness (QED) is 0.0453. The Hall–Kier alpha value is -5.75. The molecule has 22 nitrogen and oxygen atoms in total. The first-order valence-corrected chi connectivity index (χ1v) is 21.1. The van der Waals surface area contributed by atoms with Crippen LogP contribution in [0, 0.1) is 0 Å². The fourth-order valence-corrected chi connectivity index (χ4v) is 6.04. The molecule has 0 saturated carbocycles. The number of allylic oxidation sites excluding steroid dienone is 1. The summed E-state index contributed by atoms with van der Waals surface area (Å²) in [6.07, 6.45) is 4.91. The number of carboxylic acid groups (broad SMARTS) is 2. The van der Waals surface area contributed by atoms with Crippen LogP contribution in [0.3, 0.4) is 0 Å². The van der Waals surface area contributed by atoms with Crippen molar-refractivity contribution in [3.8, 4) is 11.3 Å². The third-order valence-corrected chi connectivity index (χ3v) is 9.14. The van der Waals surface area contributed by atoms with E-state index in [1.54, 1.807) is 17.3 Å². The van der Waals surface area contributed by atoms with E-state index in [9.17, 15) is 28.4 Å². The molecule has 1 aliphatic heterocycles. The number of anilines is 2. The summed E-state index contributed by atoms with van der Waals surface area (Å²) in [6.45, 7) is 3.95. The maximum atomic E-state index is 12.5. The van der Waals surface area contributed by atoms with Gasteiger partial charge < -0.3 is 61.2 Å². The predicted molar refractivity (Wildman–Crippen MR) is 226 cm³/mol. The van der Waals surface area contributed by atoms with Crippen molar-refractivity contribution < 1.29 is 67.1 Å². The van der Waals surface area contributed by atoms with Gasteiger partial charge in [-0.2, -0.15) is 9.59 Å². The number of carbonyl (C=O) groups excluding carboxylic acids is 5. The lowest BCUT2D eigenvalue weighted by Gasteiger charge is -2.14. The van der Waals surface area contributed by atoms with E-state index >= 15 is 0 Å². The number of benzene rings is 1. The topological polar surface area (TPSA) is 297 Å². The lowest BCUT2D eigenvalue weighted by atomic mass is 10.1. The number of unbranched alkanes of at least 4 members (excludes halogenated alkanes) is 2. The van der Waals surface area contributed by atoms with Crippen LogP contribution in [0.1, 0.15) is 51.4 Å². The Balaban J connectivity index is 0.00000442. The van der Waals surface area contributed by atoms with Gasteiger partial charge in [0.05, 0.1) is 71.6 Å². The van der Waals surface area contributed by atoms with E-state index in [1.807, 2.05) is 23.6 Å². The Morgan fingerprint density at radius 3 is 2.21 bits per heavy atom. The number of halogens is 1. The van der Waals surface area contributed by atoms with Crippen molar-refractivity contribution in [2.45, 2.75) is 57.4 Å². The van der Waals surface area contributed by atoms with Gasteiger partial charge in [-0.1, -0.05) is 12.1 Å². The molecule has 9 N–H and O–H groups in total. The zero-order valence-electron chi connectivity index (χ0n) is 35.0. The molecule has 0 bridgehead atoms. The van der Waals surface area contributed by atoms with Gasteiger partial charge in [-0.15, -0.1) is 16.9 Å². The first kappa shape index (κ1) is 53.4. The largest absolute Gasteiger partial charge is 0.481 e. The van der Waals surface area contributed by atoms with E-state index in [4.69, 9.17) is 38.7 Å². The Morgan fingerprint density at radius 2 is 1.52 bits per heavy atom. The van der Waals surface area contributed by atoms with Crippen molar-refractivity contribution in [1.82, 2.24) is 36.9 Å². The van der Waals surface area contributed by atoms with Gasteiger partial charge in [0, 0.05) is 54.6 Å². The number of ether oxygens (including phenoxy) is 4. The number of rotatable bonds is 34.